The Balaban J connectivity index is 0.000000191. The maximum absolute atomic E-state index is 12.6. The Morgan fingerprint density at radius 3 is 2.05 bits per heavy atom. The van der Waals surface area contributed by atoms with E-state index in [0.29, 0.717) is 11.0 Å². The van der Waals surface area contributed by atoms with Gasteiger partial charge in [-0.05, 0) is 64.8 Å². The van der Waals surface area contributed by atoms with Crippen molar-refractivity contribution < 1.29 is 19.5 Å². The maximum Gasteiger partial charge on any atom is 0.488 e. The second-order valence-corrected chi connectivity index (χ2v) is 5.10. The number of aryl methyl sites for hydroxylation is 1. The van der Waals surface area contributed by atoms with E-state index in [4.69, 9.17) is 15.2 Å². The van der Waals surface area contributed by atoms with Gasteiger partial charge in [-0.15, -0.1) is 0 Å². The SMILES string of the molecule is Cc1ccc(I)cc1F.OB(O)c1ccc(O)cc1. The van der Waals surface area contributed by atoms with Gasteiger partial charge < -0.3 is 15.2 Å². The fraction of sp³-hybridized carbons (Fsp3) is 0.0769. The molecule has 0 saturated carbocycles. The van der Waals surface area contributed by atoms with Gasteiger partial charge in [0.1, 0.15) is 11.6 Å². The normalized spacial score (nSPS) is 9.53. The Hall–Kier alpha value is -1.12. The summed E-state index contributed by atoms with van der Waals surface area (Å²) in [7, 11) is -1.46. The molecule has 0 heterocycles. The van der Waals surface area contributed by atoms with Crippen molar-refractivity contribution in [2.75, 3.05) is 0 Å². The zero-order valence-corrected chi connectivity index (χ0v) is 12.4. The minimum absolute atomic E-state index is 0.115. The van der Waals surface area contributed by atoms with E-state index >= 15 is 0 Å². The maximum atomic E-state index is 12.6. The second-order valence-electron chi connectivity index (χ2n) is 3.86. The predicted molar refractivity (Wildman–Crippen MR) is 81.8 cm³/mol. The molecule has 0 saturated heterocycles. The van der Waals surface area contributed by atoms with Crippen LogP contribution >= 0.6 is 22.6 Å². The number of aromatic hydroxyl groups is 1. The number of hydrogen-bond acceptors (Lipinski definition) is 3. The van der Waals surface area contributed by atoms with Gasteiger partial charge in [0.05, 0.1) is 0 Å². The molecule has 0 bridgehead atoms. The molecule has 0 fully saturated rings. The van der Waals surface area contributed by atoms with Crippen LogP contribution in [0, 0.1) is 16.3 Å². The fourth-order valence-corrected chi connectivity index (χ4v) is 1.67. The summed E-state index contributed by atoms with van der Waals surface area (Å²) in [5.41, 5.74) is 1.08. The topological polar surface area (TPSA) is 60.7 Å². The first kappa shape index (κ1) is 15.9. The molecule has 0 unspecified atom stereocenters. The quantitative estimate of drug-likeness (QED) is 0.527. The number of hydrogen-bond donors (Lipinski definition) is 3. The van der Waals surface area contributed by atoms with E-state index < -0.39 is 7.12 Å². The third kappa shape index (κ3) is 5.58. The largest absolute Gasteiger partial charge is 0.508 e. The second kappa shape index (κ2) is 7.47. The average Bonchev–Trinajstić information content (AvgIpc) is 2.35. The molecule has 0 aromatic heterocycles. The summed E-state index contributed by atoms with van der Waals surface area (Å²) in [5.74, 6) is -0.00806. The van der Waals surface area contributed by atoms with Gasteiger partial charge >= 0.3 is 7.12 Å². The summed E-state index contributed by atoms with van der Waals surface area (Å²) >= 11 is 2.08. The Morgan fingerprint density at radius 1 is 1.05 bits per heavy atom. The molecular formula is C13H13BFIO3. The van der Waals surface area contributed by atoms with E-state index in [0.717, 1.165) is 3.57 Å². The van der Waals surface area contributed by atoms with Gasteiger partial charge in [0.15, 0.2) is 0 Å². The number of benzene rings is 2. The Morgan fingerprint density at radius 2 is 1.63 bits per heavy atom. The van der Waals surface area contributed by atoms with Gasteiger partial charge in [0.25, 0.3) is 0 Å². The smallest absolute Gasteiger partial charge is 0.488 e. The van der Waals surface area contributed by atoms with E-state index in [9.17, 15) is 4.39 Å². The predicted octanol–water partition coefficient (Wildman–Crippen LogP) is 1.81. The molecule has 2 aromatic rings. The highest BCUT2D eigenvalue weighted by Gasteiger charge is 2.08. The van der Waals surface area contributed by atoms with Crippen LogP contribution in [0.15, 0.2) is 42.5 Å². The fourth-order valence-electron chi connectivity index (χ4n) is 1.21. The summed E-state index contributed by atoms with van der Waals surface area (Å²) in [4.78, 5) is 0. The Bertz CT molecular complexity index is 532. The molecule has 0 spiro atoms. The van der Waals surface area contributed by atoms with Gasteiger partial charge in [-0.1, -0.05) is 18.2 Å². The lowest BCUT2D eigenvalue weighted by Gasteiger charge is -1.96. The standard InChI is InChI=1S/C7H6FI.C6H7BO3/c1-5-2-3-6(9)4-7(5)8;8-6-3-1-5(2-4-6)7(9)10/h2-4H,1H3;1-4,8-10H. The van der Waals surface area contributed by atoms with Crippen molar-refractivity contribution in [2.45, 2.75) is 6.92 Å². The first-order valence-electron chi connectivity index (χ1n) is 5.47. The lowest BCUT2D eigenvalue weighted by Crippen LogP contribution is -2.29. The van der Waals surface area contributed by atoms with Crippen LogP contribution in [-0.4, -0.2) is 22.3 Å². The summed E-state index contributed by atoms with van der Waals surface area (Å²) in [6, 6.07) is 10.9. The van der Waals surface area contributed by atoms with Gasteiger partial charge in [-0.25, -0.2) is 4.39 Å². The third-order valence-electron chi connectivity index (χ3n) is 2.33. The zero-order chi connectivity index (χ0) is 14.4. The minimum atomic E-state index is -1.46. The summed E-state index contributed by atoms with van der Waals surface area (Å²) in [6.07, 6.45) is 0. The first-order valence-corrected chi connectivity index (χ1v) is 6.54. The van der Waals surface area contributed by atoms with Crippen LogP contribution in [0.3, 0.4) is 0 Å². The molecule has 0 aliphatic carbocycles. The van der Waals surface area contributed by atoms with Gasteiger partial charge in [-0.3, -0.25) is 0 Å². The van der Waals surface area contributed by atoms with Crippen molar-refractivity contribution in [3.8, 4) is 5.75 Å². The third-order valence-corrected chi connectivity index (χ3v) is 3.00. The number of halogens is 2. The molecule has 2 rings (SSSR count). The van der Waals surface area contributed by atoms with Crippen molar-refractivity contribution in [3.63, 3.8) is 0 Å². The number of phenols is 1. The highest BCUT2D eigenvalue weighted by molar-refractivity contribution is 14.1. The molecule has 19 heavy (non-hydrogen) atoms. The van der Waals surface area contributed by atoms with E-state index in [1.54, 1.807) is 13.0 Å². The van der Waals surface area contributed by atoms with Crippen LogP contribution in [0.4, 0.5) is 4.39 Å². The summed E-state index contributed by atoms with van der Waals surface area (Å²) in [6.45, 7) is 1.76. The molecule has 0 atom stereocenters. The molecule has 0 amide bonds. The zero-order valence-electron chi connectivity index (χ0n) is 10.2. The molecule has 2 aromatic carbocycles. The van der Waals surface area contributed by atoms with Crippen molar-refractivity contribution in [2.24, 2.45) is 0 Å². The van der Waals surface area contributed by atoms with E-state index in [1.165, 1.54) is 30.3 Å². The van der Waals surface area contributed by atoms with Gasteiger partial charge in [0, 0.05) is 3.57 Å². The molecule has 6 heteroatoms. The number of phenolic OH excluding ortho intramolecular Hbond substituents is 1. The molecule has 3 N–H and O–H groups in total. The van der Waals surface area contributed by atoms with Crippen molar-refractivity contribution >= 4 is 35.2 Å². The molecule has 0 aliphatic heterocycles. The molecule has 0 radical (unpaired) electrons. The first-order chi connectivity index (χ1) is 8.90. The van der Waals surface area contributed by atoms with Gasteiger partial charge in [0.2, 0.25) is 0 Å². The van der Waals surface area contributed by atoms with E-state index in [2.05, 4.69) is 22.6 Å². The lowest BCUT2D eigenvalue weighted by molar-refractivity contribution is 0.425. The lowest BCUT2D eigenvalue weighted by atomic mass is 9.80. The Labute approximate surface area is 125 Å². The van der Waals surface area contributed by atoms with Gasteiger partial charge in [-0.2, -0.15) is 0 Å². The van der Waals surface area contributed by atoms with Crippen LogP contribution in [0.25, 0.3) is 0 Å². The monoisotopic (exact) mass is 374 g/mol. The molecule has 3 nitrogen and oxygen atoms in total. The van der Waals surface area contributed by atoms with Crippen molar-refractivity contribution in [3.05, 3.63) is 57.4 Å². The van der Waals surface area contributed by atoms with Crippen LogP contribution in [0.2, 0.25) is 0 Å². The minimum Gasteiger partial charge on any atom is -0.508 e. The van der Waals surface area contributed by atoms with E-state index in [1.807, 2.05) is 6.07 Å². The van der Waals surface area contributed by atoms with Crippen LogP contribution in [0.1, 0.15) is 5.56 Å². The van der Waals surface area contributed by atoms with Crippen LogP contribution in [0.5, 0.6) is 5.75 Å². The molecule has 100 valence electrons. The highest BCUT2D eigenvalue weighted by Crippen LogP contribution is 2.10. The summed E-state index contributed by atoms with van der Waals surface area (Å²) in [5, 5.41) is 26.0. The Kier molecular flexibility index (Phi) is 6.27. The summed E-state index contributed by atoms with van der Waals surface area (Å²) < 4.78 is 13.5. The van der Waals surface area contributed by atoms with Crippen molar-refractivity contribution in [1.82, 2.24) is 0 Å². The average molecular weight is 374 g/mol. The van der Waals surface area contributed by atoms with E-state index in [-0.39, 0.29) is 11.6 Å². The van der Waals surface area contributed by atoms with Crippen LogP contribution in [-0.2, 0) is 0 Å². The van der Waals surface area contributed by atoms with Crippen LogP contribution < -0.4 is 5.46 Å². The molecule has 0 aliphatic rings. The highest BCUT2D eigenvalue weighted by atomic mass is 127. The molecular weight excluding hydrogens is 361 g/mol. The van der Waals surface area contributed by atoms with Crippen molar-refractivity contribution in [1.29, 1.82) is 0 Å². The number of rotatable bonds is 1.